The topological polar surface area (TPSA) is 47.0 Å². The van der Waals surface area contributed by atoms with Crippen molar-refractivity contribution >= 4 is 21.7 Å². The highest BCUT2D eigenvalue weighted by molar-refractivity contribution is 9.10. The molecule has 2 rings (SSSR count). The van der Waals surface area contributed by atoms with E-state index in [1.54, 1.807) is 6.07 Å². The first-order chi connectivity index (χ1) is 9.99. The van der Waals surface area contributed by atoms with Crippen molar-refractivity contribution in [3.63, 3.8) is 0 Å². The van der Waals surface area contributed by atoms with E-state index in [-0.39, 0.29) is 12.4 Å². The van der Waals surface area contributed by atoms with Crippen molar-refractivity contribution in [2.45, 2.75) is 20.5 Å². The van der Waals surface area contributed by atoms with E-state index in [1.807, 2.05) is 13.8 Å². The Morgan fingerprint density at radius 3 is 2.71 bits per heavy atom. The average Bonchev–Trinajstić information content (AvgIpc) is 2.41. The third-order valence-corrected chi connectivity index (χ3v) is 3.03. The van der Waals surface area contributed by atoms with Crippen LogP contribution in [0.4, 0.5) is 14.6 Å². The van der Waals surface area contributed by atoms with Crippen LogP contribution in [0.2, 0.25) is 0 Å². The molecule has 7 heteroatoms. The Labute approximate surface area is 129 Å². The van der Waals surface area contributed by atoms with Gasteiger partial charge in [-0.25, -0.2) is 14.4 Å². The number of hydrogen-bond donors (Lipinski definition) is 1. The summed E-state index contributed by atoms with van der Waals surface area (Å²) in [5.74, 6) is -1.12. The molecule has 0 spiro atoms. The van der Waals surface area contributed by atoms with E-state index >= 15 is 0 Å². The summed E-state index contributed by atoms with van der Waals surface area (Å²) in [5.41, 5.74) is 0.764. The molecular formula is C14H14BrF2N3O. The second-order valence-electron chi connectivity index (χ2n) is 4.33. The quantitative estimate of drug-likeness (QED) is 0.826. The van der Waals surface area contributed by atoms with Crippen LogP contribution < -0.4 is 10.1 Å². The molecule has 0 unspecified atom stereocenters. The Bertz CT molecular complexity index is 652. The van der Waals surface area contributed by atoms with Crippen molar-refractivity contribution in [3.05, 3.63) is 45.8 Å². The van der Waals surface area contributed by atoms with E-state index in [2.05, 4.69) is 31.2 Å². The van der Waals surface area contributed by atoms with E-state index in [1.165, 1.54) is 6.07 Å². The Balaban J connectivity index is 2.16. The summed E-state index contributed by atoms with van der Waals surface area (Å²) in [6, 6.07) is 4.19. The second-order valence-corrected chi connectivity index (χ2v) is 5.25. The molecule has 2 aromatic rings. The van der Waals surface area contributed by atoms with E-state index in [0.29, 0.717) is 16.1 Å². The lowest BCUT2D eigenvalue weighted by molar-refractivity contribution is 0.275. The maximum Gasteiger partial charge on any atom is 0.200 e. The number of anilines is 1. The molecule has 1 aromatic heterocycles. The molecular weight excluding hydrogens is 344 g/mol. The summed E-state index contributed by atoms with van der Waals surface area (Å²) in [4.78, 5) is 8.44. The molecule has 0 amide bonds. The van der Waals surface area contributed by atoms with Gasteiger partial charge in [0.25, 0.3) is 0 Å². The monoisotopic (exact) mass is 357 g/mol. The van der Waals surface area contributed by atoms with Gasteiger partial charge in [0.15, 0.2) is 17.4 Å². The van der Waals surface area contributed by atoms with E-state index in [4.69, 9.17) is 4.74 Å². The summed E-state index contributed by atoms with van der Waals surface area (Å²) in [7, 11) is 0. The number of rotatable bonds is 5. The fourth-order valence-electron chi connectivity index (χ4n) is 1.75. The normalized spacial score (nSPS) is 10.5. The zero-order valence-electron chi connectivity index (χ0n) is 11.6. The Kier molecular flexibility index (Phi) is 5.06. The highest BCUT2D eigenvalue weighted by Gasteiger charge is 2.12. The zero-order valence-corrected chi connectivity index (χ0v) is 13.2. The van der Waals surface area contributed by atoms with Gasteiger partial charge >= 0.3 is 0 Å². The summed E-state index contributed by atoms with van der Waals surface area (Å²) in [5, 5.41) is 3.07. The van der Waals surface area contributed by atoms with Crippen molar-refractivity contribution in [1.29, 1.82) is 0 Å². The smallest absolute Gasteiger partial charge is 0.200 e. The van der Waals surface area contributed by atoms with Crippen molar-refractivity contribution in [2.24, 2.45) is 0 Å². The van der Waals surface area contributed by atoms with Gasteiger partial charge in [0, 0.05) is 22.8 Å². The van der Waals surface area contributed by atoms with E-state index < -0.39 is 11.6 Å². The molecule has 0 saturated carbocycles. The number of halogens is 3. The first kappa shape index (κ1) is 15.6. The first-order valence-corrected chi connectivity index (χ1v) is 7.14. The number of ether oxygens (including phenoxy) is 1. The van der Waals surface area contributed by atoms with Crippen LogP contribution >= 0.6 is 15.9 Å². The molecule has 0 bridgehead atoms. The molecule has 0 aliphatic heterocycles. The number of hydrogen-bond acceptors (Lipinski definition) is 4. The van der Waals surface area contributed by atoms with E-state index in [0.717, 1.165) is 18.3 Å². The van der Waals surface area contributed by atoms with Crippen LogP contribution in [-0.2, 0) is 6.61 Å². The summed E-state index contributed by atoms with van der Waals surface area (Å²) in [6.45, 7) is 4.45. The Morgan fingerprint density at radius 2 is 2.00 bits per heavy atom. The Hall–Kier alpha value is -1.76. The van der Waals surface area contributed by atoms with Gasteiger partial charge in [0.2, 0.25) is 5.82 Å². The third kappa shape index (κ3) is 4.10. The van der Waals surface area contributed by atoms with Crippen LogP contribution in [0.25, 0.3) is 0 Å². The molecule has 0 aliphatic rings. The number of nitrogens with one attached hydrogen (secondary N) is 1. The summed E-state index contributed by atoms with van der Waals surface area (Å²) in [6.07, 6.45) is 0. The lowest BCUT2D eigenvalue weighted by Gasteiger charge is -2.10. The van der Waals surface area contributed by atoms with Crippen molar-refractivity contribution < 1.29 is 13.5 Å². The molecule has 1 aromatic carbocycles. The SMILES string of the molecule is CCNc1cc(C)nc(COc2cc(Br)cc(F)c2F)n1. The lowest BCUT2D eigenvalue weighted by atomic mass is 10.3. The molecule has 0 atom stereocenters. The number of nitrogens with zero attached hydrogens (tertiary/aromatic N) is 2. The van der Waals surface area contributed by atoms with Crippen LogP contribution in [0.1, 0.15) is 18.4 Å². The van der Waals surface area contributed by atoms with Gasteiger partial charge < -0.3 is 10.1 Å². The predicted molar refractivity (Wildman–Crippen MR) is 79.3 cm³/mol. The molecule has 1 N–H and O–H groups in total. The van der Waals surface area contributed by atoms with Crippen LogP contribution in [-0.4, -0.2) is 16.5 Å². The van der Waals surface area contributed by atoms with Gasteiger partial charge in [0.05, 0.1) is 0 Å². The molecule has 0 fully saturated rings. The van der Waals surface area contributed by atoms with Crippen molar-refractivity contribution in [3.8, 4) is 5.75 Å². The zero-order chi connectivity index (χ0) is 15.4. The van der Waals surface area contributed by atoms with Crippen LogP contribution in [0.5, 0.6) is 5.75 Å². The van der Waals surface area contributed by atoms with Gasteiger partial charge in [-0.3, -0.25) is 0 Å². The van der Waals surface area contributed by atoms with Crippen molar-refractivity contribution in [2.75, 3.05) is 11.9 Å². The third-order valence-electron chi connectivity index (χ3n) is 2.57. The van der Waals surface area contributed by atoms with Crippen molar-refractivity contribution in [1.82, 2.24) is 9.97 Å². The molecule has 0 radical (unpaired) electrons. The minimum Gasteiger partial charge on any atom is -0.482 e. The molecule has 0 aliphatic carbocycles. The average molecular weight is 358 g/mol. The first-order valence-electron chi connectivity index (χ1n) is 6.35. The van der Waals surface area contributed by atoms with Crippen LogP contribution in [0, 0.1) is 18.6 Å². The minimum absolute atomic E-state index is 0.0487. The highest BCUT2D eigenvalue weighted by atomic mass is 79.9. The number of aromatic nitrogens is 2. The molecule has 1 heterocycles. The Morgan fingerprint density at radius 1 is 1.24 bits per heavy atom. The number of aryl methyl sites for hydroxylation is 1. The maximum absolute atomic E-state index is 13.6. The molecule has 21 heavy (non-hydrogen) atoms. The van der Waals surface area contributed by atoms with Gasteiger partial charge in [-0.05, 0) is 26.0 Å². The maximum atomic E-state index is 13.6. The lowest BCUT2D eigenvalue weighted by Crippen LogP contribution is -2.08. The molecule has 4 nitrogen and oxygen atoms in total. The largest absolute Gasteiger partial charge is 0.482 e. The summed E-state index contributed by atoms with van der Waals surface area (Å²) < 4.78 is 32.5. The van der Waals surface area contributed by atoms with Gasteiger partial charge in [-0.2, -0.15) is 4.39 Å². The molecule has 112 valence electrons. The molecule has 0 saturated heterocycles. The highest BCUT2D eigenvalue weighted by Crippen LogP contribution is 2.25. The fraction of sp³-hybridized carbons (Fsp3) is 0.286. The van der Waals surface area contributed by atoms with Gasteiger partial charge in [-0.1, -0.05) is 15.9 Å². The number of benzene rings is 1. The second kappa shape index (κ2) is 6.80. The van der Waals surface area contributed by atoms with Crippen LogP contribution in [0.3, 0.4) is 0 Å². The standard InChI is InChI=1S/C14H14BrF2N3O/c1-3-18-12-4-8(2)19-13(20-12)7-21-11-6-9(15)5-10(16)14(11)17/h4-6H,3,7H2,1-2H3,(H,18,19,20). The van der Waals surface area contributed by atoms with Crippen LogP contribution in [0.15, 0.2) is 22.7 Å². The summed E-state index contributed by atoms with van der Waals surface area (Å²) >= 11 is 3.09. The van der Waals surface area contributed by atoms with E-state index in [9.17, 15) is 8.78 Å². The van der Waals surface area contributed by atoms with Gasteiger partial charge in [-0.15, -0.1) is 0 Å². The minimum atomic E-state index is -1.03. The van der Waals surface area contributed by atoms with Gasteiger partial charge in [0.1, 0.15) is 12.4 Å². The predicted octanol–water partition coefficient (Wildman–Crippen LogP) is 3.84. The fourth-order valence-corrected chi connectivity index (χ4v) is 2.15.